The third kappa shape index (κ3) is 12.4. The average Bonchev–Trinajstić information content (AvgIpc) is 3.61. The Hall–Kier alpha value is -4.49. The monoisotopic (exact) mass is 723 g/mol. The first-order chi connectivity index (χ1) is 23.9. The first-order valence-corrected chi connectivity index (χ1v) is 18.0. The lowest BCUT2D eigenvalue weighted by atomic mass is 9.96. The van der Waals surface area contributed by atoms with Crippen LogP contribution >= 0.6 is 22.9 Å². The number of benzene rings is 2. The summed E-state index contributed by atoms with van der Waals surface area (Å²) in [5.41, 5.74) is 1.51. The zero-order valence-electron chi connectivity index (χ0n) is 28.7. The fourth-order valence-electron chi connectivity index (χ4n) is 5.35. The van der Waals surface area contributed by atoms with Crippen LogP contribution in [-0.4, -0.2) is 71.3 Å². The Morgan fingerprint density at radius 3 is 2.28 bits per heavy atom. The third-order valence-corrected chi connectivity index (χ3v) is 9.30. The topological polar surface area (TPSA) is 162 Å². The molecule has 1 fully saturated rings. The molecule has 268 valence electrons. The number of aryl methyl sites for hydroxylation is 1. The number of halogens is 1. The summed E-state index contributed by atoms with van der Waals surface area (Å²) in [5.74, 6) is -1.94. The van der Waals surface area contributed by atoms with Crippen LogP contribution in [0.25, 0.3) is 0 Å². The van der Waals surface area contributed by atoms with Crippen LogP contribution in [-0.2, 0) is 32.1 Å². The van der Waals surface area contributed by atoms with Crippen molar-refractivity contribution in [3.63, 3.8) is 0 Å². The maximum absolute atomic E-state index is 13.9. The molecular formula is C36H46ClN7O5S. The smallest absolute Gasteiger partial charge is 0.318 e. The molecule has 12 nitrogen and oxygen atoms in total. The van der Waals surface area contributed by atoms with Gasteiger partial charge >= 0.3 is 6.03 Å². The van der Waals surface area contributed by atoms with E-state index in [-0.39, 0.29) is 49.7 Å². The second-order valence-electron chi connectivity index (χ2n) is 13.5. The van der Waals surface area contributed by atoms with Gasteiger partial charge in [0.1, 0.15) is 12.1 Å². The van der Waals surface area contributed by atoms with Gasteiger partial charge in [-0.15, -0.1) is 11.3 Å². The Balaban J connectivity index is 1.44. The van der Waals surface area contributed by atoms with E-state index in [1.165, 1.54) is 16.2 Å². The molecular weight excluding hydrogens is 678 g/mol. The minimum absolute atomic E-state index is 0.151. The number of hydrogen-bond donors (Lipinski definition) is 5. The SMILES string of the molecule is CC(C)(C)CNC(=O)C[C@H](NC(=O)N1CCC(C(=O)Nc2nccs2)CC1)C(=O)N[C@@H](CCc1ccccc1)C(=O)NCc1ccccc1Cl. The Morgan fingerprint density at radius 1 is 0.920 bits per heavy atom. The highest BCUT2D eigenvalue weighted by molar-refractivity contribution is 7.13. The van der Waals surface area contributed by atoms with E-state index in [0.29, 0.717) is 36.0 Å². The number of anilines is 1. The number of piperidine rings is 1. The predicted molar refractivity (Wildman–Crippen MR) is 194 cm³/mol. The molecule has 2 heterocycles. The summed E-state index contributed by atoms with van der Waals surface area (Å²) in [6.45, 7) is 7.02. The second-order valence-corrected chi connectivity index (χ2v) is 14.8. The summed E-state index contributed by atoms with van der Waals surface area (Å²) in [6.07, 6.45) is 2.92. The highest BCUT2D eigenvalue weighted by Gasteiger charge is 2.32. The number of nitrogens with zero attached hydrogens (tertiary/aromatic N) is 2. The van der Waals surface area contributed by atoms with Gasteiger partial charge in [0, 0.05) is 48.7 Å². The largest absolute Gasteiger partial charge is 0.355 e. The minimum Gasteiger partial charge on any atom is -0.355 e. The predicted octanol–water partition coefficient (Wildman–Crippen LogP) is 4.51. The average molecular weight is 724 g/mol. The fraction of sp³-hybridized carbons (Fsp3) is 0.444. The molecule has 1 aliphatic rings. The van der Waals surface area contributed by atoms with Gasteiger partial charge in [0.05, 0.1) is 6.42 Å². The summed E-state index contributed by atoms with van der Waals surface area (Å²) in [6, 6.07) is 14.0. The van der Waals surface area contributed by atoms with Crippen molar-refractivity contribution in [3.05, 3.63) is 82.3 Å². The van der Waals surface area contributed by atoms with Gasteiger partial charge in [-0.05, 0) is 48.3 Å². The van der Waals surface area contributed by atoms with Crippen molar-refractivity contribution in [2.75, 3.05) is 25.0 Å². The van der Waals surface area contributed by atoms with Crippen molar-refractivity contribution < 1.29 is 24.0 Å². The molecule has 0 aliphatic carbocycles. The van der Waals surface area contributed by atoms with E-state index in [9.17, 15) is 24.0 Å². The normalized spacial score (nSPS) is 14.6. The summed E-state index contributed by atoms with van der Waals surface area (Å²) in [4.78, 5) is 72.2. The molecule has 2 aromatic carbocycles. The van der Waals surface area contributed by atoms with Crippen molar-refractivity contribution in [1.82, 2.24) is 31.2 Å². The molecule has 0 bridgehead atoms. The minimum atomic E-state index is -1.26. The molecule has 3 aromatic rings. The molecule has 6 amide bonds. The van der Waals surface area contributed by atoms with Crippen LogP contribution < -0.4 is 26.6 Å². The maximum atomic E-state index is 13.9. The quantitative estimate of drug-likeness (QED) is 0.165. The van der Waals surface area contributed by atoms with E-state index in [2.05, 4.69) is 31.6 Å². The standard InChI is InChI=1S/C36H46ClN7O5S/c1-36(2,3)23-40-30(45)21-29(42-35(49)44-18-15-25(16-19-44)31(46)43-34-38-17-20-50-34)33(48)41-28(14-13-24-9-5-4-6-10-24)32(47)39-22-26-11-7-8-12-27(26)37/h4-12,17,20,25,28-29H,13-16,18-19,21-23H2,1-3H3,(H,39,47)(H,40,45)(H,41,48)(H,42,49)(H,38,43,46)/t28-,29-/m0/s1. The molecule has 4 rings (SSSR count). The summed E-state index contributed by atoms with van der Waals surface area (Å²) in [7, 11) is 0. The van der Waals surface area contributed by atoms with E-state index in [1.54, 1.807) is 29.8 Å². The lowest BCUT2D eigenvalue weighted by molar-refractivity contribution is -0.131. The number of nitrogens with one attached hydrogen (secondary N) is 5. The number of likely N-dealkylation sites (tertiary alicyclic amines) is 1. The van der Waals surface area contributed by atoms with E-state index in [4.69, 9.17) is 11.6 Å². The van der Waals surface area contributed by atoms with Gasteiger partial charge < -0.3 is 31.5 Å². The van der Waals surface area contributed by atoms with Crippen LogP contribution in [0.2, 0.25) is 5.02 Å². The van der Waals surface area contributed by atoms with Crippen LogP contribution in [0.5, 0.6) is 0 Å². The number of carbonyl (C=O) groups is 5. The summed E-state index contributed by atoms with van der Waals surface area (Å²) >= 11 is 7.63. The van der Waals surface area contributed by atoms with E-state index < -0.39 is 35.8 Å². The Bertz CT molecular complexity index is 1590. The van der Waals surface area contributed by atoms with Crippen LogP contribution in [0.1, 0.15) is 57.6 Å². The zero-order valence-corrected chi connectivity index (χ0v) is 30.2. The first-order valence-electron chi connectivity index (χ1n) is 16.8. The molecule has 2 atom stereocenters. The van der Waals surface area contributed by atoms with E-state index in [0.717, 1.165) is 11.1 Å². The van der Waals surface area contributed by atoms with Gasteiger partial charge in [0.15, 0.2) is 5.13 Å². The molecule has 0 radical (unpaired) electrons. The van der Waals surface area contributed by atoms with Gasteiger partial charge in [0.25, 0.3) is 0 Å². The van der Waals surface area contributed by atoms with E-state index >= 15 is 0 Å². The molecule has 0 saturated carbocycles. The van der Waals surface area contributed by atoms with Gasteiger partial charge in [0.2, 0.25) is 23.6 Å². The molecule has 1 aromatic heterocycles. The number of thiazole rings is 1. The molecule has 1 aliphatic heterocycles. The highest BCUT2D eigenvalue weighted by Crippen LogP contribution is 2.21. The van der Waals surface area contributed by atoms with Gasteiger partial charge in [-0.1, -0.05) is 80.9 Å². The van der Waals surface area contributed by atoms with Crippen molar-refractivity contribution in [2.45, 2.75) is 71.5 Å². The summed E-state index contributed by atoms with van der Waals surface area (Å²) < 4.78 is 0. The second kappa shape index (κ2) is 18.5. The van der Waals surface area contributed by atoms with Gasteiger partial charge in [-0.2, -0.15) is 0 Å². The molecule has 1 saturated heterocycles. The molecule has 0 unspecified atom stereocenters. The Kier molecular flexibility index (Phi) is 14.2. The van der Waals surface area contributed by atoms with Crippen LogP contribution in [0.15, 0.2) is 66.2 Å². The van der Waals surface area contributed by atoms with Gasteiger partial charge in [-0.3, -0.25) is 19.2 Å². The molecule has 50 heavy (non-hydrogen) atoms. The van der Waals surface area contributed by atoms with Crippen LogP contribution in [0.3, 0.4) is 0 Å². The number of aromatic nitrogens is 1. The maximum Gasteiger partial charge on any atom is 0.318 e. The lowest BCUT2D eigenvalue weighted by Gasteiger charge is -2.32. The van der Waals surface area contributed by atoms with Crippen molar-refractivity contribution in [2.24, 2.45) is 11.3 Å². The highest BCUT2D eigenvalue weighted by atomic mass is 35.5. The van der Waals surface area contributed by atoms with Crippen molar-refractivity contribution in [1.29, 1.82) is 0 Å². The molecule has 5 N–H and O–H groups in total. The first kappa shape index (κ1) is 38.3. The van der Waals surface area contributed by atoms with Crippen LogP contribution in [0, 0.1) is 11.3 Å². The number of hydrogen-bond acceptors (Lipinski definition) is 7. The number of urea groups is 1. The number of rotatable bonds is 14. The fourth-order valence-corrected chi connectivity index (χ4v) is 6.09. The zero-order chi connectivity index (χ0) is 36.1. The Labute approximate surface area is 302 Å². The van der Waals surface area contributed by atoms with Crippen molar-refractivity contribution in [3.8, 4) is 0 Å². The lowest BCUT2D eigenvalue weighted by Crippen LogP contribution is -2.57. The van der Waals surface area contributed by atoms with Crippen LogP contribution in [0.4, 0.5) is 9.93 Å². The molecule has 0 spiro atoms. The van der Waals surface area contributed by atoms with Gasteiger partial charge in [-0.25, -0.2) is 9.78 Å². The Morgan fingerprint density at radius 2 is 1.62 bits per heavy atom. The molecule has 14 heteroatoms. The number of amides is 6. The summed E-state index contributed by atoms with van der Waals surface area (Å²) in [5, 5.41) is 16.9. The van der Waals surface area contributed by atoms with E-state index in [1.807, 2.05) is 57.2 Å². The number of carbonyl (C=O) groups excluding carboxylic acids is 5. The third-order valence-electron chi connectivity index (χ3n) is 8.24. The van der Waals surface area contributed by atoms with Crippen molar-refractivity contribution >= 4 is 57.7 Å².